The minimum absolute atomic E-state index is 0.00509. The smallest absolute Gasteiger partial charge is 0.267 e. The number of hydrogen-bond acceptors (Lipinski definition) is 5. The molecule has 0 aliphatic heterocycles. The van der Waals surface area contributed by atoms with E-state index < -0.39 is 5.91 Å². The van der Waals surface area contributed by atoms with Crippen LogP contribution in [0, 0.1) is 11.3 Å². The van der Waals surface area contributed by atoms with Crippen molar-refractivity contribution in [3.63, 3.8) is 0 Å². The molecule has 1 amide bonds. The first-order valence-corrected chi connectivity index (χ1v) is 7.34. The second-order valence-electron chi connectivity index (χ2n) is 5.37. The predicted octanol–water partition coefficient (Wildman–Crippen LogP) is 1.78. The molecule has 1 rings (SSSR count). The van der Waals surface area contributed by atoms with E-state index in [9.17, 15) is 9.59 Å². The van der Waals surface area contributed by atoms with Crippen LogP contribution in [0.3, 0.4) is 0 Å². The van der Waals surface area contributed by atoms with Gasteiger partial charge in [0.2, 0.25) is 0 Å². The Hall–Kier alpha value is -2.65. The molecule has 0 saturated heterocycles. The minimum atomic E-state index is -0.483. The molecule has 0 atom stereocenters. The van der Waals surface area contributed by atoms with E-state index in [0.717, 1.165) is 13.0 Å². The summed E-state index contributed by atoms with van der Waals surface area (Å²) in [4.78, 5) is 25.3. The van der Waals surface area contributed by atoms with Gasteiger partial charge in [-0.25, -0.2) is 0 Å². The normalized spacial score (nSPS) is 11.0. The van der Waals surface area contributed by atoms with Gasteiger partial charge in [-0.15, -0.1) is 0 Å². The van der Waals surface area contributed by atoms with Crippen molar-refractivity contribution in [3.8, 4) is 6.07 Å². The third kappa shape index (κ3) is 6.76. The summed E-state index contributed by atoms with van der Waals surface area (Å²) in [5, 5.41) is 14.7. The molecule has 0 saturated carbocycles. The Bertz CT molecular complexity index is 612. The van der Waals surface area contributed by atoms with Crippen molar-refractivity contribution in [2.24, 2.45) is 0 Å². The highest BCUT2D eigenvalue weighted by atomic mass is 16.1. The fourth-order valence-corrected chi connectivity index (χ4v) is 1.81. The van der Waals surface area contributed by atoms with Gasteiger partial charge in [0, 0.05) is 24.0 Å². The molecule has 1 aromatic carbocycles. The molecular formula is C17H22N4O2. The van der Waals surface area contributed by atoms with Crippen LogP contribution in [0.15, 0.2) is 36.0 Å². The molecule has 0 bridgehead atoms. The van der Waals surface area contributed by atoms with E-state index >= 15 is 0 Å². The first kappa shape index (κ1) is 18.4. The maximum atomic E-state index is 12.0. The van der Waals surface area contributed by atoms with Crippen molar-refractivity contribution in [3.05, 3.63) is 41.6 Å². The van der Waals surface area contributed by atoms with Crippen LogP contribution in [0.4, 0.5) is 5.69 Å². The second kappa shape index (κ2) is 9.38. The lowest BCUT2D eigenvalue weighted by molar-refractivity contribution is -0.112. The molecule has 23 heavy (non-hydrogen) atoms. The average molecular weight is 314 g/mol. The zero-order chi connectivity index (χ0) is 17.2. The van der Waals surface area contributed by atoms with Crippen molar-refractivity contribution < 1.29 is 9.59 Å². The van der Waals surface area contributed by atoms with Crippen molar-refractivity contribution in [1.82, 2.24) is 10.2 Å². The molecule has 0 aliphatic carbocycles. The number of Topliss-reactive ketones (excluding diaryl/α,β-unsaturated/α-hetero) is 1. The first-order valence-electron chi connectivity index (χ1n) is 7.34. The molecule has 1 aromatic rings. The number of anilines is 1. The molecule has 0 aliphatic rings. The van der Waals surface area contributed by atoms with Crippen molar-refractivity contribution in [1.29, 1.82) is 5.26 Å². The lowest BCUT2D eigenvalue weighted by Crippen LogP contribution is -2.20. The lowest BCUT2D eigenvalue weighted by atomic mass is 10.1. The van der Waals surface area contributed by atoms with Crippen LogP contribution in [-0.4, -0.2) is 43.8 Å². The highest BCUT2D eigenvalue weighted by Gasteiger charge is 2.09. The average Bonchev–Trinajstić information content (AvgIpc) is 2.51. The van der Waals surface area contributed by atoms with Crippen molar-refractivity contribution >= 4 is 17.4 Å². The number of nitrogens with zero attached hydrogens (tertiary/aromatic N) is 2. The third-order valence-corrected chi connectivity index (χ3v) is 3.09. The number of rotatable bonds is 8. The molecule has 122 valence electrons. The van der Waals surface area contributed by atoms with Gasteiger partial charge in [0.25, 0.3) is 5.91 Å². The second-order valence-corrected chi connectivity index (χ2v) is 5.37. The van der Waals surface area contributed by atoms with E-state index in [1.807, 2.05) is 20.2 Å². The predicted molar refractivity (Wildman–Crippen MR) is 89.9 cm³/mol. The summed E-state index contributed by atoms with van der Waals surface area (Å²) in [5.74, 6) is -0.523. The number of hydrogen-bond donors (Lipinski definition) is 2. The van der Waals surface area contributed by atoms with Gasteiger partial charge >= 0.3 is 0 Å². The van der Waals surface area contributed by atoms with Gasteiger partial charge in [0.05, 0.1) is 0 Å². The van der Waals surface area contributed by atoms with E-state index in [1.165, 1.54) is 13.1 Å². The molecule has 0 unspecified atom stereocenters. The summed E-state index contributed by atoms with van der Waals surface area (Å²) < 4.78 is 0. The SMILES string of the molecule is CC(=O)c1ccc(NC(=O)/C(C#N)=C\NCCCN(C)C)cc1. The van der Waals surface area contributed by atoms with Crippen molar-refractivity contribution in [2.75, 3.05) is 32.5 Å². The van der Waals surface area contributed by atoms with Gasteiger partial charge in [-0.05, 0) is 58.3 Å². The molecular weight excluding hydrogens is 292 g/mol. The zero-order valence-electron chi connectivity index (χ0n) is 13.7. The molecule has 0 aromatic heterocycles. The number of amides is 1. The summed E-state index contributed by atoms with van der Waals surface area (Å²) >= 11 is 0. The Kier molecular flexibility index (Phi) is 7.51. The van der Waals surface area contributed by atoms with Crippen molar-refractivity contribution in [2.45, 2.75) is 13.3 Å². The van der Waals surface area contributed by atoms with Crippen LogP contribution in [0.1, 0.15) is 23.7 Å². The van der Waals surface area contributed by atoms with Crippen LogP contribution in [0.25, 0.3) is 0 Å². The van der Waals surface area contributed by atoms with Crippen LogP contribution in [0.5, 0.6) is 0 Å². The summed E-state index contributed by atoms with van der Waals surface area (Å²) in [5.41, 5.74) is 1.11. The molecule has 0 fully saturated rings. The molecule has 0 radical (unpaired) electrons. The number of nitriles is 1. The molecule has 2 N–H and O–H groups in total. The number of carbonyl (C=O) groups excluding carboxylic acids is 2. The maximum absolute atomic E-state index is 12.0. The maximum Gasteiger partial charge on any atom is 0.267 e. The van der Waals surface area contributed by atoms with Gasteiger partial charge in [0.15, 0.2) is 5.78 Å². The Morgan fingerprint density at radius 1 is 1.26 bits per heavy atom. The first-order chi connectivity index (χ1) is 10.9. The zero-order valence-corrected chi connectivity index (χ0v) is 13.7. The van der Waals surface area contributed by atoms with Crippen LogP contribution < -0.4 is 10.6 Å². The number of carbonyl (C=O) groups is 2. The Labute approximate surface area is 136 Å². The molecule has 6 heteroatoms. The topological polar surface area (TPSA) is 85.2 Å². The number of benzene rings is 1. The summed E-state index contributed by atoms with van der Waals surface area (Å²) in [7, 11) is 3.97. The molecule has 6 nitrogen and oxygen atoms in total. The van der Waals surface area contributed by atoms with Crippen LogP contribution in [0.2, 0.25) is 0 Å². The Morgan fingerprint density at radius 2 is 1.91 bits per heavy atom. The standard InChI is InChI=1S/C17H22N4O2/c1-13(22)14-5-7-16(8-6-14)20-17(23)15(11-18)12-19-9-4-10-21(2)3/h5-8,12,19H,4,9-10H2,1-3H3,(H,20,23)/b15-12-. The number of ketones is 1. The van der Waals surface area contributed by atoms with E-state index in [0.29, 0.717) is 17.8 Å². The van der Waals surface area contributed by atoms with E-state index in [-0.39, 0.29) is 11.4 Å². The van der Waals surface area contributed by atoms with Gasteiger partial charge < -0.3 is 15.5 Å². The van der Waals surface area contributed by atoms with Gasteiger partial charge in [-0.2, -0.15) is 5.26 Å². The Morgan fingerprint density at radius 3 is 2.43 bits per heavy atom. The minimum Gasteiger partial charge on any atom is -0.390 e. The third-order valence-electron chi connectivity index (χ3n) is 3.09. The highest BCUT2D eigenvalue weighted by Crippen LogP contribution is 2.11. The van der Waals surface area contributed by atoms with E-state index in [2.05, 4.69) is 15.5 Å². The Balaban J connectivity index is 2.56. The van der Waals surface area contributed by atoms with Crippen LogP contribution in [-0.2, 0) is 4.79 Å². The van der Waals surface area contributed by atoms with Gasteiger partial charge in [0.1, 0.15) is 11.6 Å². The quantitative estimate of drug-likeness (QED) is 0.331. The lowest BCUT2D eigenvalue weighted by Gasteiger charge is -2.09. The fraction of sp³-hybridized carbons (Fsp3) is 0.353. The van der Waals surface area contributed by atoms with Gasteiger partial charge in [-0.3, -0.25) is 9.59 Å². The monoisotopic (exact) mass is 314 g/mol. The van der Waals surface area contributed by atoms with E-state index in [4.69, 9.17) is 5.26 Å². The highest BCUT2D eigenvalue weighted by molar-refractivity contribution is 6.06. The summed E-state index contributed by atoms with van der Waals surface area (Å²) in [6, 6.07) is 8.40. The molecule has 0 heterocycles. The molecule has 0 spiro atoms. The van der Waals surface area contributed by atoms with Gasteiger partial charge in [-0.1, -0.05) is 0 Å². The number of nitrogens with one attached hydrogen (secondary N) is 2. The summed E-state index contributed by atoms with van der Waals surface area (Å²) in [6.07, 6.45) is 2.34. The largest absolute Gasteiger partial charge is 0.390 e. The van der Waals surface area contributed by atoms with E-state index in [1.54, 1.807) is 24.3 Å². The fourth-order valence-electron chi connectivity index (χ4n) is 1.81. The summed E-state index contributed by atoms with van der Waals surface area (Å²) in [6.45, 7) is 3.09. The van der Waals surface area contributed by atoms with Crippen LogP contribution >= 0.6 is 0 Å².